The van der Waals surface area contributed by atoms with E-state index in [1.807, 2.05) is 0 Å². The average molecular weight is 202 g/mol. The SMILES string of the molecule is COC1CC[C@H]2OC(OC)CC[C@H]2O1. The fourth-order valence-electron chi connectivity index (χ4n) is 2.16. The van der Waals surface area contributed by atoms with Gasteiger partial charge in [0.2, 0.25) is 0 Å². The second-order valence-electron chi connectivity index (χ2n) is 3.83. The molecule has 0 amide bonds. The van der Waals surface area contributed by atoms with Gasteiger partial charge in [-0.3, -0.25) is 0 Å². The summed E-state index contributed by atoms with van der Waals surface area (Å²) in [6.07, 6.45) is 4.13. The summed E-state index contributed by atoms with van der Waals surface area (Å²) in [5.74, 6) is 0. The Balaban J connectivity index is 1.88. The van der Waals surface area contributed by atoms with Crippen LogP contribution in [-0.4, -0.2) is 39.0 Å². The van der Waals surface area contributed by atoms with Crippen LogP contribution in [0.4, 0.5) is 0 Å². The lowest BCUT2D eigenvalue weighted by Crippen LogP contribution is -2.46. The molecule has 0 bridgehead atoms. The van der Waals surface area contributed by atoms with Gasteiger partial charge in [-0.05, 0) is 12.8 Å². The molecule has 0 aromatic rings. The minimum Gasteiger partial charge on any atom is -0.356 e. The van der Waals surface area contributed by atoms with Crippen molar-refractivity contribution in [2.45, 2.75) is 50.5 Å². The van der Waals surface area contributed by atoms with Crippen LogP contribution in [0.3, 0.4) is 0 Å². The molecule has 0 saturated carbocycles. The normalized spacial score (nSPS) is 43.3. The first-order chi connectivity index (χ1) is 6.83. The lowest BCUT2D eigenvalue weighted by Gasteiger charge is -2.41. The van der Waals surface area contributed by atoms with E-state index in [9.17, 15) is 0 Å². The summed E-state index contributed by atoms with van der Waals surface area (Å²) in [7, 11) is 3.37. The molecule has 4 heteroatoms. The van der Waals surface area contributed by atoms with Crippen molar-refractivity contribution in [3.05, 3.63) is 0 Å². The van der Waals surface area contributed by atoms with Gasteiger partial charge in [-0.1, -0.05) is 0 Å². The highest BCUT2D eigenvalue weighted by Gasteiger charge is 2.37. The molecule has 0 spiro atoms. The van der Waals surface area contributed by atoms with Crippen molar-refractivity contribution in [2.75, 3.05) is 14.2 Å². The average Bonchev–Trinajstić information content (AvgIpc) is 2.27. The van der Waals surface area contributed by atoms with Gasteiger partial charge in [0.05, 0.1) is 12.2 Å². The largest absolute Gasteiger partial charge is 0.356 e. The van der Waals surface area contributed by atoms with E-state index in [1.165, 1.54) is 0 Å². The summed E-state index contributed by atoms with van der Waals surface area (Å²) in [5.41, 5.74) is 0. The Morgan fingerprint density at radius 3 is 1.57 bits per heavy atom. The summed E-state index contributed by atoms with van der Waals surface area (Å²) < 4.78 is 21.8. The first-order valence-corrected chi connectivity index (χ1v) is 5.20. The number of methoxy groups -OCH3 is 2. The zero-order chi connectivity index (χ0) is 9.97. The van der Waals surface area contributed by atoms with Crippen molar-refractivity contribution in [2.24, 2.45) is 0 Å². The predicted molar refractivity (Wildman–Crippen MR) is 49.8 cm³/mol. The molecule has 0 radical (unpaired) electrons. The minimum atomic E-state index is -0.0426. The molecule has 0 aliphatic carbocycles. The maximum absolute atomic E-state index is 5.73. The molecule has 0 N–H and O–H groups in total. The lowest BCUT2D eigenvalue weighted by molar-refractivity contribution is -0.278. The zero-order valence-electron chi connectivity index (χ0n) is 8.77. The number of hydrogen-bond donors (Lipinski definition) is 0. The van der Waals surface area contributed by atoms with Crippen LogP contribution in [0.5, 0.6) is 0 Å². The zero-order valence-corrected chi connectivity index (χ0v) is 8.77. The maximum Gasteiger partial charge on any atom is 0.157 e. The van der Waals surface area contributed by atoms with Crippen LogP contribution in [0.1, 0.15) is 25.7 Å². The Morgan fingerprint density at radius 1 is 0.786 bits per heavy atom. The molecule has 2 fully saturated rings. The van der Waals surface area contributed by atoms with Crippen LogP contribution in [0.25, 0.3) is 0 Å². The van der Waals surface area contributed by atoms with Crippen molar-refractivity contribution >= 4 is 0 Å². The van der Waals surface area contributed by atoms with E-state index < -0.39 is 0 Å². The monoisotopic (exact) mass is 202 g/mol. The molecule has 82 valence electrons. The maximum atomic E-state index is 5.73. The predicted octanol–water partition coefficient (Wildman–Crippen LogP) is 1.29. The van der Waals surface area contributed by atoms with E-state index >= 15 is 0 Å². The standard InChI is InChI=1S/C10H18O4/c1-11-9-5-3-8-7(13-9)4-6-10(12-2)14-8/h7-10H,3-6H2,1-2H3/t7-,8-,9?,10?/m1/s1. The quantitative estimate of drug-likeness (QED) is 0.676. The van der Waals surface area contributed by atoms with Crippen LogP contribution in [0.2, 0.25) is 0 Å². The van der Waals surface area contributed by atoms with Gasteiger partial charge >= 0.3 is 0 Å². The highest BCUT2D eigenvalue weighted by Crippen LogP contribution is 2.31. The Morgan fingerprint density at radius 2 is 1.21 bits per heavy atom. The highest BCUT2D eigenvalue weighted by atomic mass is 16.7. The van der Waals surface area contributed by atoms with E-state index in [2.05, 4.69) is 0 Å². The summed E-state index contributed by atoms with van der Waals surface area (Å²) in [4.78, 5) is 0. The molecule has 0 aromatic carbocycles. The van der Waals surface area contributed by atoms with E-state index in [0.717, 1.165) is 25.7 Å². The van der Waals surface area contributed by atoms with Gasteiger partial charge in [-0.2, -0.15) is 0 Å². The number of rotatable bonds is 2. The molecule has 2 rings (SSSR count). The molecule has 0 aromatic heterocycles. The Bertz CT molecular complexity index is 165. The van der Waals surface area contributed by atoms with Crippen LogP contribution < -0.4 is 0 Å². The Kier molecular flexibility index (Phi) is 3.38. The minimum absolute atomic E-state index is 0.0426. The summed E-state index contributed by atoms with van der Waals surface area (Å²) in [5, 5.41) is 0. The third-order valence-corrected chi connectivity index (χ3v) is 2.97. The van der Waals surface area contributed by atoms with E-state index in [-0.39, 0.29) is 24.8 Å². The van der Waals surface area contributed by atoms with Crippen molar-refractivity contribution in [3.8, 4) is 0 Å². The Hall–Kier alpha value is -0.160. The molecular formula is C10H18O4. The second-order valence-corrected chi connectivity index (χ2v) is 3.83. The van der Waals surface area contributed by atoms with Crippen LogP contribution in [0.15, 0.2) is 0 Å². The van der Waals surface area contributed by atoms with Crippen molar-refractivity contribution in [1.82, 2.24) is 0 Å². The van der Waals surface area contributed by atoms with Gasteiger partial charge in [0.25, 0.3) is 0 Å². The van der Waals surface area contributed by atoms with Gasteiger partial charge < -0.3 is 18.9 Å². The molecule has 2 heterocycles. The summed E-state index contributed by atoms with van der Waals surface area (Å²) >= 11 is 0. The van der Waals surface area contributed by atoms with Gasteiger partial charge in [0, 0.05) is 27.1 Å². The molecule has 2 unspecified atom stereocenters. The van der Waals surface area contributed by atoms with Crippen molar-refractivity contribution < 1.29 is 18.9 Å². The molecular weight excluding hydrogens is 184 g/mol. The molecule has 4 atom stereocenters. The van der Waals surface area contributed by atoms with Crippen LogP contribution in [-0.2, 0) is 18.9 Å². The van der Waals surface area contributed by atoms with Gasteiger partial charge in [0.15, 0.2) is 12.6 Å². The molecule has 2 aliphatic heterocycles. The third-order valence-electron chi connectivity index (χ3n) is 2.97. The highest BCUT2D eigenvalue weighted by molar-refractivity contribution is 4.81. The molecule has 14 heavy (non-hydrogen) atoms. The van der Waals surface area contributed by atoms with E-state index in [1.54, 1.807) is 14.2 Å². The molecule has 2 saturated heterocycles. The van der Waals surface area contributed by atoms with E-state index in [4.69, 9.17) is 18.9 Å². The smallest absolute Gasteiger partial charge is 0.157 e. The van der Waals surface area contributed by atoms with Crippen molar-refractivity contribution in [1.29, 1.82) is 0 Å². The summed E-state index contributed by atoms with van der Waals surface area (Å²) in [6, 6.07) is 0. The molecule has 4 nitrogen and oxygen atoms in total. The van der Waals surface area contributed by atoms with Crippen LogP contribution in [0, 0.1) is 0 Å². The topological polar surface area (TPSA) is 36.9 Å². The first-order valence-electron chi connectivity index (χ1n) is 5.20. The first kappa shape index (κ1) is 10.4. The number of ether oxygens (including phenoxy) is 4. The fourth-order valence-corrected chi connectivity index (χ4v) is 2.16. The van der Waals surface area contributed by atoms with Gasteiger partial charge in [-0.25, -0.2) is 0 Å². The van der Waals surface area contributed by atoms with Gasteiger partial charge in [0.1, 0.15) is 0 Å². The summed E-state index contributed by atoms with van der Waals surface area (Å²) in [6.45, 7) is 0. The third kappa shape index (κ3) is 2.08. The second kappa shape index (κ2) is 4.57. The number of hydrogen-bond acceptors (Lipinski definition) is 4. The van der Waals surface area contributed by atoms with Crippen molar-refractivity contribution in [3.63, 3.8) is 0 Å². The number of fused-ring (bicyclic) bond motifs is 1. The molecule has 2 aliphatic rings. The van der Waals surface area contributed by atoms with Crippen LogP contribution >= 0.6 is 0 Å². The Labute approximate surface area is 84.5 Å². The van der Waals surface area contributed by atoms with E-state index in [0.29, 0.717) is 0 Å². The fraction of sp³-hybridized carbons (Fsp3) is 1.00. The van der Waals surface area contributed by atoms with Gasteiger partial charge in [-0.15, -0.1) is 0 Å². The lowest BCUT2D eigenvalue weighted by atomic mass is 9.98.